The van der Waals surface area contributed by atoms with Crippen LogP contribution in [0.2, 0.25) is 0 Å². The number of nitrogens with one attached hydrogen (secondary N) is 1. The molecule has 4 aromatic carbocycles. The van der Waals surface area contributed by atoms with E-state index in [9.17, 15) is 34.9 Å². The fraction of sp³-hybridized carbons (Fsp3) is 0.111. The van der Waals surface area contributed by atoms with Crippen molar-refractivity contribution in [3.05, 3.63) is 60.7 Å². The molecule has 4 rings (SSSR count). The molecule has 26 heteroatoms. The number of hydrogen-bond donors (Lipinski definition) is 6. The highest BCUT2D eigenvalue weighted by atomic mass is 32.3. The highest BCUT2D eigenvalue weighted by Gasteiger charge is 2.25. The first-order valence-corrected chi connectivity index (χ1v) is 19.7. The first-order valence-electron chi connectivity index (χ1n) is 13.7. The van der Waals surface area contributed by atoms with E-state index in [4.69, 9.17) is 15.5 Å². The number of nitrogens with zero attached hydrogens (tertiary/aromatic N) is 4. The smallest absolute Gasteiger partial charge is 0.433 e. The molecule has 0 spiro atoms. The normalized spacial score (nSPS) is 12.2. The van der Waals surface area contributed by atoms with Gasteiger partial charge in [-0.25, -0.2) is 13.7 Å². The second-order valence-electron chi connectivity index (χ2n) is 9.71. The number of fused-ring (bicyclic) bond motifs is 1. The Hall–Kier alpha value is -4.47. The van der Waals surface area contributed by atoms with Crippen LogP contribution >= 0.6 is 23.8 Å². The standard InChI is InChI=1S/C27H24N6O14S5.H2O/c1-29-9-12-50(36,37)20-7-5-17(6-8-20)30-33-26-22(51(38,39)40)14-16-13-21(49-46-45-35)25(27(34)23(16)24(26)28)32-31-18-3-2-4-19(15-18)48-11-10-44-47-52(41,42)43;/h2-8,13-15,29,34-35H,9,12,28H2,1H3,(H,38,39,40)(H,41,42,43);1H2. The van der Waals surface area contributed by atoms with Gasteiger partial charge < -0.3 is 21.6 Å². The van der Waals surface area contributed by atoms with Crippen LogP contribution < -0.4 is 11.1 Å². The molecule has 0 radical (unpaired) electrons. The minimum Gasteiger partial charge on any atom is -0.505 e. The second-order valence-corrected chi connectivity index (χ2v) is 15.8. The van der Waals surface area contributed by atoms with E-state index in [2.05, 4.69) is 49.6 Å². The highest BCUT2D eigenvalue weighted by Crippen LogP contribution is 2.49. The highest BCUT2D eigenvalue weighted by molar-refractivity contribution is 8.04. The number of phenols is 1. The molecule has 0 bridgehead atoms. The van der Waals surface area contributed by atoms with Crippen molar-refractivity contribution in [3.63, 3.8) is 0 Å². The van der Waals surface area contributed by atoms with Crippen LogP contribution in [0, 0.1) is 11.4 Å². The number of thioether (sulfide) groups is 1. The molecular formula is C27H26N6O15S5. The van der Waals surface area contributed by atoms with Crippen LogP contribution in [0.1, 0.15) is 0 Å². The zero-order chi connectivity index (χ0) is 38.1. The third-order valence-electron chi connectivity index (χ3n) is 6.28. The molecule has 0 aliphatic rings. The molecule has 53 heavy (non-hydrogen) atoms. The van der Waals surface area contributed by atoms with Crippen LogP contribution in [0.4, 0.5) is 28.4 Å². The lowest BCUT2D eigenvalue weighted by molar-refractivity contribution is -0.432. The Morgan fingerprint density at radius 2 is 1.58 bits per heavy atom. The van der Waals surface area contributed by atoms with Crippen molar-refractivity contribution in [1.29, 1.82) is 0 Å². The Morgan fingerprint density at radius 3 is 2.23 bits per heavy atom. The molecule has 0 atom stereocenters. The van der Waals surface area contributed by atoms with Gasteiger partial charge in [0.15, 0.2) is 21.7 Å². The van der Waals surface area contributed by atoms with Gasteiger partial charge in [-0.3, -0.25) is 14.0 Å². The fourth-order valence-electron chi connectivity index (χ4n) is 4.08. The number of azo groups is 2. The summed E-state index contributed by atoms with van der Waals surface area (Å²) in [6.07, 6.45) is 1.89. The van der Waals surface area contributed by atoms with E-state index in [0.717, 1.165) is 17.8 Å². The van der Waals surface area contributed by atoms with Gasteiger partial charge in [-0.2, -0.15) is 27.1 Å². The number of hydrogen-bond acceptors (Lipinski definition) is 20. The molecule has 0 aliphatic heterocycles. The molecule has 4 aromatic rings. The van der Waals surface area contributed by atoms with Crippen LogP contribution in [-0.4, -0.2) is 69.5 Å². The summed E-state index contributed by atoms with van der Waals surface area (Å²) < 4.78 is 97.4. The van der Waals surface area contributed by atoms with Crippen molar-refractivity contribution in [1.82, 2.24) is 5.32 Å². The summed E-state index contributed by atoms with van der Waals surface area (Å²) in [5, 5.41) is 44.6. The Balaban J connectivity index is 0.00000756. The van der Waals surface area contributed by atoms with Gasteiger partial charge in [-0.05, 0) is 83.1 Å². The third kappa shape index (κ3) is 11.8. The minimum atomic E-state index is -5.02. The molecule has 0 heterocycles. The van der Waals surface area contributed by atoms with Crippen LogP contribution in [-0.2, 0) is 48.9 Å². The van der Waals surface area contributed by atoms with Gasteiger partial charge in [0.05, 0.1) is 50.0 Å². The molecule has 0 saturated heterocycles. The number of nitrogen functional groups attached to an aromatic ring is 1. The van der Waals surface area contributed by atoms with E-state index < -0.39 is 52.4 Å². The van der Waals surface area contributed by atoms with E-state index in [0.29, 0.717) is 16.9 Å². The fourth-order valence-corrected chi connectivity index (χ4v) is 7.14. The molecule has 9 N–H and O–H groups in total. The van der Waals surface area contributed by atoms with E-state index in [-0.39, 0.29) is 55.4 Å². The van der Waals surface area contributed by atoms with Crippen LogP contribution in [0.3, 0.4) is 0 Å². The van der Waals surface area contributed by atoms with E-state index >= 15 is 0 Å². The second kappa shape index (κ2) is 18.5. The molecule has 0 aromatic heterocycles. The number of rotatable bonds is 15. The molecule has 21 nitrogen and oxygen atoms in total. The first kappa shape index (κ1) is 42.9. The summed E-state index contributed by atoms with van der Waals surface area (Å²) >= 11 is 1.18. The molecule has 0 aliphatic carbocycles. The SMILES string of the molecule is CNCCS(=O)(=O)c1ccc(N=Nc2c(S(=O)(=O)O)cc3cc(SOOO)c(N=Nc4cccc(SC#COOS(=O)(=O)O)c4)c(O)c3c2N)cc1.O. The molecular weight excluding hydrogens is 809 g/mol. The lowest BCUT2D eigenvalue weighted by Gasteiger charge is -2.14. The lowest BCUT2D eigenvalue weighted by atomic mass is 10.1. The number of phenolic OH excluding ortho intramolecular Hbond substituents is 1. The number of sulfone groups is 1. The molecule has 0 fully saturated rings. The average Bonchev–Trinajstić information content (AvgIpc) is 3.08. The van der Waals surface area contributed by atoms with E-state index in [1.165, 1.54) is 42.5 Å². The summed E-state index contributed by atoms with van der Waals surface area (Å²) in [5.41, 5.74) is 5.24. The van der Waals surface area contributed by atoms with Gasteiger partial charge in [0.2, 0.25) is 0 Å². The monoisotopic (exact) mass is 834 g/mol. The van der Waals surface area contributed by atoms with Gasteiger partial charge >= 0.3 is 10.4 Å². The Labute approximate surface area is 309 Å². The number of anilines is 1. The Morgan fingerprint density at radius 1 is 0.906 bits per heavy atom. The summed E-state index contributed by atoms with van der Waals surface area (Å²) in [7, 11) is -11.9. The molecule has 0 unspecified atom stereocenters. The third-order valence-corrected chi connectivity index (χ3v) is 10.4. The quantitative estimate of drug-likeness (QED) is 0.0140. The van der Waals surface area contributed by atoms with Gasteiger partial charge in [-0.15, -0.1) is 14.6 Å². The lowest BCUT2D eigenvalue weighted by Crippen LogP contribution is -2.19. The first-order chi connectivity index (χ1) is 24.5. The maximum atomic E-state index is 12.5. The van der Waals surface area contributed by atoms with Crippen molar-refractivity contribution < 1.29 is 68.8 Å². The number of benzene rings is 4. The van der Waals surface area contributed by atoms with Gasteiger partial charge in [0.1, 0.15) is 16.3 Å². The summed E-state index contributed by atoms with van der Waals surface area (Å²) in [5.74, 6) is -0.832. The van der Waals surface area contributed by atoms with Crippen molar-refractivity contribution in [3.8, 4) is 17.1 Å². The van der Waals surface area contributed by atoms with Crippen molar-refractivity contribution >= 4 is 93.4 Å². The maximum absolute atomic E-state index is 12.5. The van der Waals surface area contributed by atoms with Crippen molar-refractivity contribution in [2.45, 2.75) is 19.6 Å². The zero-order valence-electron chi connectivity index (χ0n) is 26.5. The van der Waals surface area contributed by atoms with E-state index in [1.807, 2.05) is 6.11 Å². The maximum Gasteiger partial charge on any atom is 0.433 e. The van der Waals surface area contributed by atoms with Gasteiger partial charge in [0.25, 0.3) is 10.1 Å². The van der Waals surface area contributed by atoms with E-state index in [1.54, 1.807) is 19.2 Å². The molecule has 0 saturated carbocycles. The molecule has 284 valence electrons. The zero-order valence-corrected chi connectivity index (χ0v) is 30.5. The summed E-state index contributed by atoms with van der Waals surface area (Å²) in [6.45, 7) is 0.224. The summed E-state index contributed by atoms with van der Waals surface area (Å²) in [6, 6.07) is 13.5. The van der Waals surface area contributed by atoms with Crippen LogP contribution in [0.15, 0.2) is 101 Å². The van der Waals surface area contributed by atoms with Gasteiger partial charge in [-0.1, -0.05) is 11.1 Å². The van der Waals surface area contributed by atoms with Gasteiger partial charge in [0, 0.05) is 16.7 Å². The Kier molecular flexibility index (Phi) is 15.0. The average molecular weight is 835 g/mol. The van der Waals surface area contributed by atoms with Crippen LogP contribution in [0.5, 0.6) is 5.75 Å². The number of nitrogens with two attached hydrogens (primary N) is 1. The van der Waals surface area contributed by atoms with Crippen molar-refractivity contribution in [2.24, 2.45) is 20.5 Å². The largest absolute Gasteiger partial charge is 0.505 e. The number of aromatic hydroxyl groups is 1. The van der Waals surface area contributed by atoms with Crippen LogP contribution in [0.25, 0.3) is 10.8 Å². The Bertz CT molecular complexity index is 2420. The van der Waals surface area contributed by atoms with Crippen molar-refractivity contribution in [2.75, 3.05) is 25.1 Å². The summed E-state index contributed by atoms with van der Waals surface area (Å²) in [4.78, 5) is 3.61. The minimum absolute atomic E-state index is 0. The predicted molar refractivity (Wildman–Crippen MR) is 189 cm³/mol. The predicted octanol–water partition coefficient (Wildman–Crippen LogP) is 4.56. The topological polar surface area (TPSA) is 339 Å². The molecule has 0 amide bonds.